The Morgan fingerprint density at radius 1 is 1.50 bits per heavy atom. The number of hydrogen-bond donors (Lipinski definition) is 1. The molecule has 3 heteroatoms. The molecule has 0 atom stereocenters. The predicted molar refractivity (Wildman–Crippen MR) is 82.2 cm³/mol. The molecule has 1 N–H and O–H groups in total. The molecule has 18 heavy (non-hydrogen) atoms. The zero-order chi connectivity index (χ0) is 13.5. The summed E-state index contributed by atoms with van der Waals surface area (Å²) in [7, 11) is 2.15. The molecule has 0 spiro atoms. The van der Waals surface area contributed by atoms with E-state index in [-0.39, 0.29) is 0 Å². The van der Waals surface area contributed by atoms with Crippen molar-refractivity contribution in [1.82, 2.24) is 10.2 Å². The standard InChI is InChI=1S/C15H26N2S/c1-6-7-16-9-15-8-14(13(4)18-15)11-17(5)10-12(2)3/h8,16H,2,6-7,9-11H2,1,3-5H3. The Kier molecular flexibility index (Phi) is 6.61. The van der Waals surface area contributed by atoms with Crippen molar-refractivity contribution in [1.29, 1.82) is 0 Å². The molecule has 0 aliphatic carbocycles. The average molecular weight is 266 g/mol. The number of aryl methyl sites for hydroxylation is 1. The monoisotopic (exact) mass is 266 g/mol. The molecule has 0 unspecified atom stereocenters. The van der Waals surface area contributed by atoms with Crippen LogP contribution in [0.25, 0.3) is 0 Å². The summed E-state index contributed by atoms with van der Waals surface area (Å²) in [5.74, 6) is 0. The summed E-state index contributed by atoms with van der Waals surface area (Å²) in [5.41, 5.74) is 2.67. The minimum atomic E-state index is 0.971. The lowest BCUT2D eigenvalue weighted by Gasteiger charge is -2.16. The fourth-order valence-corrected chi connectivity index (χ4v) is 3.05. The van der Waals surface area contributed by atoms with Crippen molar-refractivity contribution < 1.29 is 0 Å². The first-order chi connectivity index (χ1) is 8.52. The van der Waals surface area contributed by atoms with Gasteiger partial charge in [0, 0.05) is 29.4 Å². The molecule has 1 aromatic rings. The Balaban J connectivity index is 2.53. The van der Waals surface area contributed by atoms with Gasteiger partial charge in [0.2, 0.25) is 0 Å². The molecule has 2 nitrogen and oxygen atoms in total. The van der Waals surface area contributed by atoms with Crippen molar-refractivity contribution >= 4 is 11.3 Å². The van der Waals surface area contributed by atoms with Gasteiger partial charge in [0.15, 0.2) is 0 Å². The topological polar surface area (TPSA) is 15.3 Å². The molecule has 1 heterocycles. The molecular formula is C15H26N2S. The van der Waals surface area contributed by atoms with Gasteiger partial charge in [-0.1, -0.05) is 19.1 Å². The Morgan fingerprint density at radius 3 is 2.83 bits per heavy atom. The zero-order valence-corrected chi connectivity index (χ0v) is 13.0. The van der Waals surface area contributed by atoms with E-state index in [1.54, 1.807) is 0 Å². The second-order valence-corrected chi connectivity index (χ2v) is 6.44. The van der Waals surface area contributed by atoms with Crippen LogP contribution in [0, 0.1) is 6.92 Å². The van der Waals surface area contributed by atoms with Gasteiger partial charge in [-0.2, -0.15) is 0 Å². The Labute approximate surface area is 116 Å². The molecule has 0 bridgehead atoms. The van der Waals surface area contributed by atoms with Crippen LogP contribution in [0.2, 0.25) is 0 Å². The average Bonchev–Trinajstić information content (AvgIpc) is 2.58. The summed E-state index contributed by atoms with van der Waals surface area (Å²) >= 11 is 1.91. The highest BCUT2D eigenvalue weighted by molar-refractivity contribution is 7.12. The minimum Gasteiger partial charge on any atom is -0.312 e. The number of rotatable bonds is 8. The Morgan fingerprint density at radius 2 is 2.22 bits per heavy atom. The van der Waals surface area contributed by atoms with Crippen molar-refractivity contribution in [2.45, 2.75) is 40.3 Å². The predicted octanol–water partition coefficient (Wildman–Crippen LogP) is 3.56. The molecule has 0 saturated carbocycles. The van der Waals surface area contributed by atoms with Crippen LogP contribution in [0.3, 0.4) is 0 Å². The Hall–Kier alpha value is -0.640. The van der Waals surface area contributed by atoms with Crippen LogP contribution in [0.4, 0.5) is 0 Å². The van der Waals surface area contributed by atoms with Gasteiger partial charge in [-0.05, 0) is 45.5 Å². The second-order valence-electron chi connectivity index (χ2n) is 5.10. The van der Waals surface area contributed by atoms with Crippen LogP contribution >= 0.6 is 11.3 Å². The lowest BCUT2D eigenvalue weighted by molar-refractivity contribution is 0.355. The fraction of sp³-hybridized carbons (Fsp3) is 0.600. The molecule has 1 aromatic heterocycles. The fourth-order valence-electron chi connectivity index (χ4n) is 2.03. The minimum absolute atomic E-state index is 0.971. The molecule has 102 valence electrons. The lowest BCUT2D eigenvalue weighted by atomic mass is 10.2. The van der Waals surface area contributed by atoms with Crippen LogP contribution in [0.15, 0.2) is 18.2 Å². The summed E-state index contributed by atoms with van der Waals surface area (Å²) in [4.78, 5) is 5.21. The van der Waals surface area contributed by atoms with Crippen LogP contribution in [0.1, 0.15) is 35.6 Å². The Bertz CT molecular complexity index is 382. The highest BCUT2D eigenvalue weighted by atomic mass is 32.1. The van der Waals surface area contributed by atoms with Crippen molar-refractivity contribution in [3.63, 3.8) is 0 Å². The van der Waals surface area contributed by atoms with E-state index >= 15 is 0 Å². The number of likely N-dealkylation sites (N-methyl/N-ethyl adjacent to an activating group) is 1. The first-order valence-electron chi connectivity index (χ1n) is 6.64. The number of thiophene rings is 1. The van der Waals surface area contributed by atoms with Crippen LogP contribution in [0.5, 0.6) is 0 Å². The van der Waals surface area contributed by atoms with E-state index in [0.29, 0.717) is 0 Å². The van der Waals surface area contributed by atoms with E-state index in [4.69, 9.17) is 0 Å². The third kappa shape index (κ3) is 5.34. The van der Waals surface area contributed by atoms with Gasteiger partial charge in [-0.25, -0.2) is 0 Å². The quantitative estimate of drug-likeness (QED) is 0.571. The van der Waals surface area contributed by atoms with Crippen molar-refractivity contribution in [3.05, 3.63) is 33.5 Å². The SMILES string of the molecule is C=C(C)CN(C)Cc1cc(CNCCC)sc1C. The summed E-state index contributed by atoms with van der Waals surface area (Å²) in [6, 6.07) is 2.34. The smallest absolute Gasteiger partial charge is 0.0299 e. The molecule has 0 amide bonds. The van der Waals surface area contributed by atoms with Gasteiger partial charge < -0.3 is 5.32 Å². The molecule has 0 radical (unpaired) electrons. The van der Waals surface area contributed by atoms with Crippen molar-refractivity contribution in [2.24, 2.45) is 0 Å². The van der Waals surface area contributed by atoms with E-state index in [1.807, 2.05) is 11.3 Å². The number of hydrogen-bond acceptors (Lipinski definition) is 3. The van der Waals surface area contributed by atoms with Gasteiger partial charge >= 0.3 is 0 Å². The van der Waals surface area contributed by atoms with E-state index in [9.17, 15) is 0 Å². The van der Waals surface area contributed by atoms with Crippen LogP contribution < -0.4 is 5.32 Å². The zero-order valence-electron chi connectivity index (χ0n) is 12.2. The van der Waals surface area contributed by atoms with Crippen molar-refractivity contribution in [3.8, 4) is 0 Å². The molecule has 0 aromatic carbocycles. The first-order valence-corrected chi connectivity index (χ1v) is 7.46. The molecule has 0 aliphatic heterocycles. The lowest BCUT2D eigenvalue weighted by Crippen LogP contribution is -2.19. The van der Waals surface area contributed by atoms with Gasteiger partial charge in [-0.3, -0.25) is 4.90 Å². The summed E-state index contributed by atoms with van der Waals surface area (Å²) < 4.78 is 0. The van der Waals surface area contributed by atoms with E-state index in [2.05, 4.69) is 50.7 Å². The molecule has 0 fully saturated rings. The maximum Gasteiger partial charge on any atom is 0.0299 e. The van der Waals surface area contributed by atoms with Gasteiger partial charge in [-0.15, -0.1) is 11.3 Å². The first kappa shape index (κ1) is 15.4. The normalized spacial score (nSPS) is 11.2. The molecule has 0 aliphatic rings. The summed E-state index contributed by atoms with van der Waals surface area (Å²) in [6.07, 6.45) is 1.19. The van der Waals surface area contributed by atoms with E-state index in [0.717, 1.165) is 26.2 Å². The molecular weight excluding hydrogens is 240 g/mol. The van der Waals surface area contributed by atoms with E-state index < -0.39 is 0 Å². The third-order valence-corrected chi connectivity index (χ3v) is 3.87. The van der Waals surface area contributed by atoms with E-state index in [1.165, 1.54) is 27.3 Å². The number of nitrogens with zero attached hydrogens (tertiary/aromatic N) is 1. The maximum absolute atomic E-state index is 3.97. The highest BCUT2D eigenvalue weighted by Gasteiger charge is 2.08. The summed E-state index contributed by atoms with van der Waals surface area (Å²) in [6.45, 7) is 14.6. The van der Waals surface area contributed by atoms with Crippen LogP contribution in [-0.4, -0.2) is 25.0 Å². The second kappa shape index (κ2) is 7.72. The van der Waals surface area contributed by atoms with Crippen molar-refractivity contribution in [2.75, 3.05) is 20.1 Å². The van der Waals surface area contributed by atoms with Gasteiger partial charge in [0.05, 0.1) is 0 Å². The van der Waals surface area contributed by atoms with Gasteiger partial charge in [0.1, 0.15) is 0 Å². The highest BCUT2D eigenvalue weighted by Crippen LogP contribution is 2.22. The maximum atomic E-state index is 3.97. The molecule has 1 rings (SSSR count). The number of nitrogens with one attached hydrogen (secondary N) is 1. The van der Waals surface area contributed by atoms with Crippen LogP contribution in [-0.2, 0) is 13.1 Å². The summed E-state index contributed by atoms with van der Waals surface area (Å²) in [5, 5.41) is 3.46. The van der Waals surface area contributed by atoms with Gasteiger partial charge in [0.25, 0.3) is 0 Å². The molecule has 0 saturated heterocycles. The third-order valence-electron chi connectivity index (χ3n) is 2.78. The largest absolute Gasteiger partial charge is 0.312 e.